The Balaban J connectivity index is 1.71. The minimum Gasteiger partial charge on any atom is -0.465 e. The summed E-state index contributed by atoms with van der Waals surface area (Å²) in [6.07, 6.45) is 0.788. The summed E-state index contributed by atoms with van der Waals surface area (Å²) >= 11 is 0. The molecule has 0 aliphatic heterocycles. The van der Waals surface area contributed by atoms with Crippen LogP contribution in [0, 0.1) is 5.41 Å². The maximum Gasteiger partial charge on any atom is 0.339 e. The number of rotatable bonds is 6. The molecule has 1 fully saturated rings. The zero-order valence-electron chi connectivity index (χ0n) is 16.0. The summed E-state index contributed by atoms with van der Waals surface area (Å²) in [5, 5.41) is 5.37. The molecule has 29 heavy (non-hydrogen) atoms. The molecule has 2 N–H and O–H groups in total. The third-order valence-corrected chi connectivity index (χ3v) is 4.76. The summed E-state index contributed by atoms with van der Waals surface area (Å²) in [4.78, 5) is 48.9. The van der Waals surface area contributed by atoms with Gasteiger partial charge in [0.1, 0.15) is 5.41 Å². The van der Waals surface area contributed by atoms with Crippen LogP contribution in [0.3, 0.4) is 0 Å². The number of methoxy groups -OCH3 is 2. The van der Waals surface area contributed by atoms with Crippen molar-refractivity contribution in [2.45, 2.75) is 12.8 Å². The van der Waals surface area contributed by atoms with Crippen molar-refractivity contribution in [1.82, 2.24) is 0 Å². The zero-order chi connectivity index (χ0) is 21.0. The topological polar surface area (TPSA) is 111 Å². The fourth-order valence-corrected chi connectivity index (χ4v) is 2.86. The highest BCUT2D eigenvalue weighted by molar-refractivity contribution is 6.17. The Morgan fingerprint density at radius 3 is 1.97 bits per heavy atom. The number of esters is 2. The van der Waals surface area contributed by atoms with Gasteiger partial charge in [0.25, 0.3) is 0 Å². The van der Waals surface area contributed by atoms with Gasteiger partial charge in [-0.15, -0.1) is 0 Å². The van der Waals surface area contributed by atoms with Gasteiger partial charge in [-0.1, -0.05) is 12.1 Å². The van der Waals surface area contributed by atoms with Crippen LogP contribution in [0.2, 0.25) is 0 Å². The molecule has 150 valence electrons. The van der Waals surface area contributed by atoms with Crippen molar-refractivity contribution in [2.75, 3.05) is 24.9 Å². The Bertz CT molecular complexity index is 963. The van der Waals surface area contributed by atoms with Gasteiger partial charge in [-0.2, -0.15) is 0 Å². The maximum absolute atomic E-state index is 12.8. The van der Waals surface area contributed by atoms with Crippen LogP contribution in [-0.2, 0) is 19.1 Å². The Morgan fingerprint density at radius 2 is 1.38 bits per heavy atom. The quantitative estimate of drug-likeness (QED) is 0.574. The van der Waals surface area contributed by atoms with Crippen LogP contribution in [0.1, 0.15) is 33.6 Å². The van der Waals surface area contributed by atoms with Crippen LogP contribution in [0.25, 0.3) is 0 Å². The van der Waals surface area contributed by atoms with E-state index in [9.17, 15) is 19.2 Å². The van der Waals surface area contributed by atoms with E-state index in [4.69, 9.17) is 4.74 Å². The molecule has 1 aliphatic carbocycles. The molecule has 2 amide bonds. The standard InChI is InChI=1S/C21H20N2O6/c1-28-17(24)13-7-9-14(10-8-13)22-19(26)21(11-12-21)20(27)23-16-6-4-3-5-15(16)18(25)29-2/h3-10H,11-12H2,1-2H3,(H,22,26)(H,23,27). The monoisotopic (exact) mass is 396 g/mol. The predicted molar refractivity (Wildman–Crippen MR) is 104 cm³/mol. The average Bonchev–Trinajstić information content (AvgIpc) is 3.56. The van der Waals surface area contributed by atoms with Crippen LogP contribution >= 0.6 is 0 Å². The molecular formula is C21H20N2O6. The first-order valence-corrected chi connectivity index (χ1v) is 8.90. The second kappa shape index (κ2) is 8.14. The summed E-state index contributed by atoms with van der Waals surface area (Å²) < 4.78 is 9.35. The number of carbonyl (C=O) groups excluding carboxylic acids is 4. The van der Waals surface area contributed by atoms with Gasteiger partial charge in [-0.25, -0.2) is 9.59 Å². The van der Waals surface area contributed by atoms with Crippen LogP contribution in [-0.4, -0.2) is 38.0 Å². The Labute approximate surface area is 167 Å². The number of benzene rings is 2. The van der Waals surface area contributed by atoms with Crippen LogP contribution in [0.15, 0.2) is 48.5 Å². The molecule has 0 atom stereocenters. The maximum atomic E-state index is 12.8. The number of hydrogen-bond donors (Lipinski definition) is 2. The number of nitrogens with one attached hydrogen (secondary N) is 2. The van der Waals surface area contributed by atoms with E-state index in [1.165, 1.54) is 32.4 Å². The minimum absolute atomic E-state index is 0.206. The van der Waals surface area contributed by atoms with Crippen molar-refractivity contribution < 1.29 is 28.7 Å². The largest absolute Gasteiger partial charge is 0.465 e. The normalized spacial score (nSPS) is 13.7. The van der Waals surface area contributed by atoms with E-state index in [0.717, 1.165) is 0 Å². The first-order valence-electron chi connectivity index (χ1n) is 8.90. The van der Waals surface area contributed by atoms with Crippen molar-refractivity contribution in [3.8, 4) is 0 Å². The number of para-hydroxylation sites is 1. The summed E-state index contributed by atoms with van der Waals surface area (Å²) in [5.74, 6) is -2.00. The lowest BCUT2D eigenvalue weighted by Crippen LogP contribution is -2.36. The van der Waals surface area contributed by atoms with E-state index in [-0.39, 0.29) is 11.3 Å². The van der Waals surface area contributed by atoms with Gasteiger partial charge < -0.3 is 20.1 Å². The van der Waals surface area contributed by atoms with Crippen LogP contribution in [0.4, 0.5) is 11.4 Å². The molecule has 0 heterocycles. The van der Waals surface area contributed by atoms with E-state index in [0.29, 0.717) is 24.1 Å². The molecule has 1 saturated carbocycles. The minimum atomic E-state index is -1.20. The molecule has 0 bridgehead atoms. The Morgan fingerprint density at radius 1 is 0.793 bits per heavy atom. The van der Waals surface area contributed by atoms with Gasteiger partial charge in [0.15, 0.2) is 0 Å². The van der Waals surface area contributed by atoms with Crippen molar-refractivity contribution in [3.05, 3.63) is 59.7 Å². The summed E-state index contributed by atoms with van der Waals surface area (Å²) in [6.45, 7) is 0. The molecule has 8 nitrogen and oxygen atoms in total. The highest BCUT2D eigenvalue weighted by atomic mass is 16.5. The molecule has 1 aliphatic rings. The fraction of sp³-hybridized carbons (Fsp3) is 0.238. The van der Waals surface area contributed by atoms with E-state index < -0.39 is 29.2 Å². The second-order valence-electron chi connectivity index (χ2n) is 6.60. The molecule has 0 spiro atoms. The fourth-order valence-electron chi connectivity index (χ4n) is 2.86. The van der Waals surface area contributed by atoms with Crippen LogP contribution in [0.5, 0.6) is 0 Å². The van der Waals surface area contributed by atoms with E-state index in [1.807, 2.05) is 0 Å². The molecule has 8 heteroatoms. The Kier molecular flexibility index (Phi) is 5.63. The molecular weight excluding hydrogens is 376 g/mol. The summed E-state index contributed by atoms with van der Waals surface area (Å²) in [5.41, 5.74) is 0.0915. The van der Waals surface area contributed by atoms with Crippen LogP contribution < -0.4 is 10.6 Å². The van der Waals surface area contributed by atoms with Crippen molar-refractivity contribution in [1.29, 1.82) is 0 Å². The third kappa shape index (κ3) is 4.11. The highest BCUT2D eigenvalue weighted by Crippen LogP contribution is 2.47. The molecule has 0 saturated heterocycles. The first kappa shape index (κ1) is 20.1. The average molecular weight is 396 g/mol. The molecule has 2 aromatic rings. The van der Waals surface area contributed by atoms with E-state index >= 15 is 0 Å². The first-order chi connectivity index (χ1) is 13.9. The number of anilines is 2. The number of amides is 2. The lowest BCUT2D eigenvalue weighted by Gasteiger charge is -2.17. The SMILES string of the molecule is COC(=O)c1ccc(NC(=O)C2(C(=O)Nc3ccccc3C(=O)OC)CC2)cc1. The smallest absolute Gasteiger partial charge is 0.339 e. The lowest BCUT2D eigenvalue weighted by atomic mass is 10.0. The number of ether oxygens (including phenoxy) is 2. The van der Waals surface area contributed by atoms with Crippen molar-refractivity contribution in [3.63, 3.8) is 0 Å². The third-order valence-electron chi connectivity index (χ3n) is 4.76. The molecule has 0 unspecified atom stereocenters. The molecule has 2 aromatic carbocycles. The molecule has 3 rings (SSSR count). The predicted octanol–water partition coefficient (Wildman–Crippen LogP) is 2.62. The lowest BCUT2D eigenvalue weighted by molar-refractivity contribution is -0.131. The number of hydrogen-bond acceptors (Lipinski definition) is 6. The van der Waals surface area contributed by atoms with Gasteiger partial charge in [0, 0.05) is 5.69 Å². The summed E-state index contributed by atoms with van der Waals surface area (Å²) in [6, 6.07) is 12.6. The van der Waals surface area contributed by atoms with Gasteiger partial charge >= 0.3 is 11.9 Å². The van der Waals surface area contributed by atoms with Crippen molar-refractivity contribution in [2.24, 2.45) is 5.41 Å². The Hall–Kier alpha value is -3.68. The van der Waals surface area contributed by atoms with Crippen molar-refractivity contribution >= 4 is 35.1 Å². The van der Waals surface area contributed by atoms with Gasteiger partial charge in [-0.3, -0.25) is 9.59 Å². The molecule has 0 radical (unpaired) electrons. The van der Waals surface area contributed by atoms with E-state index in [2.05, 4.69) is 15.4 Å². The van der Waals surface area contributed by atoms with Gasteiger partial charge in [-0.05, 0) is 49.2 Å². The van der Waals surface area contributed by atoms with Gasteiger partial charge in [0.2, 0.25) is 11.8 Å². The summed E-state index contributed by atoms with van der Waals surface area (Å²) in [7, 11) is 2.54. The zero-order valence-corrected chi connectivity index (χ0v) is 16.0. The van der Waals surface area contributed by atoms with E-state index in [1.54, 1.807) is 30.3 Å². The second-order valence-corrected chi connectivity index (χ2v) is 6.60. The highest BCUT2D eigenvalue weighted by Gasteiger charge is 2.56. The molecule has 0 aromatic heterocycles. The van der Waals surface area contributed by atoms with Gasteiger partial charge in [0.05, 0.1) is 31.0 Å². The number of carbonyl (C=O) groups is 4.